The van der Waals surface area contributed by atoms with Crippen LogP contribution in [0.15, 0.2) is 18.2 Å². The van der Waals surface area contributed by atoms with Gasteiger partial charge < -0.3 is 0 Å². The van der Waals surface area contributed by atoms with E-state index in [1.54, 1.807) is 6.07 Å². The summed E-state index contributed by atoms with van der Waals surface area (Å²) in [4.78, 5) is 0. The highest BCUT2D eigenvalue weighted by Crippen LogP contribution is 2.18. The molecule has 2 unspecified atom stereocenters. The Kier molecular flexibility index (Phi) is 6.22. The van der Waals surface area contributed by atoms with Crippen LogP contribution >= 0.6 is 0 Å². The maximum absolute atomic E-state index is 13.5. The van der Waals surface area contributed by atoms with Crippen molar-refractivity contribution in [3.63, 3.8) is 0 Å². The molecule has 3 N–H and O–H groups in total. The minimum absolute atomic E-state index is 0.0251. The number of halogens is 2. The molecule has 0 radical (unpaired) electrons. The van der Waals surface area contributed by atoms with E-state index in [0.29, 0.717) is 17.9 Å². The van der Waals surface area contributed by atoms with E-state index in [1.807, 2.05) is 0 Å². The number of hydrazine groups is 1. The van der Waals surface area contributed by atoms with Crippen LogP contribution in [-0.2, 0) is 6.42 Å². The first-order valence-electron chi connectivity index (χ1n) is 6.47. The topological polar surface area (TPSA) is 38.0 Å². The van der Waals surface area contributed by atoms with Crippen LogP contribution in [0.2, 0.25) is 0 Å². The van der Waals surface area contributed by atoms with Gasteiger partial charge in [-0.2, -0.15) is 0 Å². The molecule has 1 aromatic carbocycles. The zero-order valence-corrected chi connectivity index (χ0v) is 11.0. The van der Waals surface area contributed by atoms with Gasteiger partial charge in [-0.1, -0.05) is 38.8 Å². The number of hydrogen-bond acceptors (Lipinski definition) is 2. The quantitative estimate of drug-likeness (QED) is 0.581. The number of hydrogen-bond donors (Lipinski definition) is 2. The maximum atomic E-state index is 13.5. The molecule has 4 heteroatoms. The summed E-state index contributed by atoms with van der Waals surface area (Å²) in [6, 6.07) is 4.23. The molecule has 0 spiro atoms. The van der Waals surface area contributed by atoms with E-state index in [4.69, 9.17) is 5.84 Å². The van der Waals surface area contributed by atoms with Crippen molar-refractivity contribution in [2.45, 2.75) is 45.6 Å². The third-order valence-corrected chi connectivity index (χ3v) is 3.20. The van der Waals surface area contributed by atoms with Crippen LogP contribution in [0.5, 0.6) is 0 Å². The standard InChI is InChI=1S/C14H22F2N2/c1-3-5-10(2)8-12(18-17)9-11-6-4-7-13(15)14(11)16/h4,6-7,10,12,18H,3,5,8-9,17H2,1-2H3. The summed E-state index contributed by atoms with van der Waals surface area (Å²) < 4.78 is 26.6. The van der Waals surface area contributed by atoms with Crippen LogP contribution in [-0.4, -0.2) is 6.04 Å². The molecule has 2 atom stereocenters. The van der Waals surface area contributed by atoms with Crippen LogP contribution in [0.4, 0.5) is 8.78 Å². The van der Waals surface area contributed by atoms with Crippen LogP contribution in [0, 0.1) is 17.6 Å². The molecule has 18 heavy (non-hydrogen) atoms. The molecule has 0 aromatic heterocycles. The van der Waals surface area contributed by atoms with Crippen LogP contribution < -0.4 is 11.3 Å². The van der Waals surface area contributed by atoms with E-state index in [-0.39, 0.29) is 6.04 Å². The second-order valence-corrected chi connectivity index (χ2v) is 4.91. The number of rotatable bonds is 7. The van der Waals surface area contributed by atoms with E-state index < -0.39 is 11.6 Å². The van der Waals surface area contributed by atoms with Gasteiger partial charge in [0.15, 0.2) is 11.6 Å². The van der Waals surface area contributed by atoms with Gasteiger partial charge in [-0.15, -0.1) is 0 Å². The smallest absolute Gasteiger partial charge is 0.162 e. The summed E-state index contributed by atoms with van der Waals surface area (Å²) in [5.74, 6) is 4.44. The normalized spacial score (nSPS) is 14.5. The van der Waals surface area contributed by atoms with Crippen molar-refractivity contribution in [1.82, 2.24) is 5.43 Å². The molecule has 0 amide bonds. The average molecular weight is 256 g/mol. The lowest BCUT2D eigenvalue weighted by atomic mass is 9.93. The summed E-state index contributed by atoms with van der Waals surface area (Å²) >= 11 is 0. The summed E-state index contributed by atoms with van der Waals surface area (Å²) in [5.41, 5.74) is 3.07. The van der Waals surface area contributed by atoms with E-state index in [0.717, 1.165) is 25.3 Å². The van der Waals surface area contributed by atoms with Gasteiger partial charge in [0, 0.05) is 6.04 Å². The molecule has 0 heterocycles. The fourth-order valence-electron chi connectivity index (χ4n) is 2.28. The van der Waals surface area contributed by atoms with Crippen LogP contribution in [0.1, 0.15) is 38.7 Å². The molecule has 2 nitrogen and oxygen atoms in total. The van der Waals surface area contributed by atoms with Crippen molar-refractivity contribution in [2.75, 3.05) is 0 Å². The Hall–Kier alpha value is -1.00. The second kappa shape index (κ2) is 7.44. The first-order valence-corrected chi connectivity index (χ1v) is 6.47. The van der Waals surface area contributed by atoms with Gasteiger partial charge >= 0.3 is 0 Å². The molecule has 102 valence electrons. The van der Waals surface area contributed by atoms with Gasteiger partial charge in [0.2, 0.25) is 0 Å². The first kappa shape index (κ1) is 15.1. The lowest BCUT2D eigenvalue weighted by molar-refractivity contribution is 0.379. The Morgan fingerprint density at radius 1 is 1.33 bits per heavy atom. The number of nitrogens with one attached hydrogen (secondary N) is 1. The van der Waals surface area contributed by atoms with Crippen molar-refractivity contribution in [3.8, 4) is 0 Å². The summed E-state index contributed by atoms with van der Waals surface area (Å²) in [7, 11) is 0. The van der Waals surface area contributed by atoms with E-state index in [9.17, 15) is 8.78 Å². The molecule has 0 aliphatic heterocycles. The SMILES string of the molecule is CCCC(C)CC(Cc1cccc(F)c1F)NN. The predicted octanol–water partition coefficient (Wildman–Crippen LogP) is 3.17. The molecule has 0 saturated carbocycles. The molecule has 0 aliphatic carbocycles. The molecule has 0 bridgehead atoms. The molecule has 0 aliphatic rings. The molecule has 1 aromatic rings. The average Bonchev–Trinajstić information content (AvgIpc) is 2.34. The highest BCUT2D eigenvalue weighted by Gasteiger charge is 2.15. The Morgan fingerprint density at radius 2 is 2.06 bits per heavy atom. The monoisotopic (exact) mass is 256 g/mol. The van der Waals surface area contributed by atoms with Crippen molar-refractivity contribution in [3.05, 3.63) is 35.4 Å². The minimum atomic E-state index is -0.801. The Morgan fingerprint density at radius 3 is 2.67 bits per heavy atom. The summed E-state index contributed by atoms with van der Waals surface area (Å²) in [6.45, 7) is 4.28. The van der Waals surface area contributed by atoms with E-state index >= 15 is 0 Å². The third-order valence-electron chi connectivity index (χ3n) is 3.20. The van der Waals surface area contributed by atoms with Gasteiger partial charge in [0.05, 0.1) is 0 Å². The van der Waals surface area contributed by atoms with Crippen molar-refractivity contribution in [1.29, 1.82) is 0 Å². The fourth-order valence-corrected chi connectivity index (χ4v) is 2.28. The third kappa shape index (κ3) is 4.35. The zero-order valence-electron chi connectivity index (χ0n) is 11.0. The number of nitrogens with two attached hydrogens (primary N) is 1. The maximum Gasteiger partial charge on any atom is 0.162 e. The Bertz CT molecular complexity index is 369. The lowest BCUT2D eigenvalue weighted by Crippen LogP contribution is -2.38. The van der Waals surface area contributed by atoms with Crippen LogP contribution in [0.3, 0.4) is 0 Å². The summed E-state index contributed by atoms with van der Waals surface area (Å²) in [6.07, 6.45) is 3.50. The first-order chi connectivity index (χ1) is 8.58. The Labute approximate surface area is 108 Å². The summed E-state index contributed by atoms with van der Waals surface area (Å²) in [5, 5.41) is 0. The lowest BCUT2D eigenvalue weighted by Gasteiger charge is -2.20. The van der Waals surface area contributed by atoms with Crippen molar-refractivity contribution < 1.29 is 8.78 Å². The van der Waals surface area contributed by atoms with E-state index in [2.05, 4.69) is 19.3 Å². The fraction of sp³-hybridized carbons (Fsp3) is 0.571. The van der Waals surface area contributed by atoms with Gasteiger partial charge in [0.1, 0.15) is 0 Å². The predicted molar refractivity (Wildman–Crippen MR) is 69.9 cm³/mol. The Balaban J connectivity index is 2.65. The van der Waals surface area contributed by atoms with Gasteiger partial charge in [-0.3, -0.25) is 11.3 Å². The van der Waals surface area contributed by atoms with E-state index in [1.165, 1.54) is 6.07 Å². The highest BCUT2D eigenvalue weighted by molar-refractivity contribution is 5.20. The van der Waals surface area contributed by atoms with Gasteiger partial charge in [-0.25, -0.2) is 8.78 Å². The second-order valence-electron chi connectivity index (χ2n) is 4.91. The molecule has 0 fully saturated rings. The zero-order chi connectivity index (χ0) is 13.5. The molecular weight excluding hydrogens is 234 g/mol. The van der Waals surface area contributed by atoms with Crippen LogP contribution in [0.25, 0.3) is 0 Å². The molecule has 1 rings (SSSR count). The largest absolute Gasteiger partial charge is 0.271 e. The number of benzene rings is 1. The molecular formula is C14H22F2N2. The van der Waals surface area contributed by atoms with Gasteiger partial charge in [-0.05, 0) is 30.4 Å². The van der Waals surface area contributed by atoms with Crippen molar-refractivity contribution in [2.24, 2.45) is 11.8 Å². The van der Waals surface area contributed by atoms with Crippen molar-refractivity contribution >= 4 is 0 Å². The highest BCUT2D eigenvalue weighted by atomic mass is 19.2. The molecule has 0 saturated heterocycles. The van der Waals surface area contributed by atoms with Gasteiger partial charge in [0.25, 0.3) is 0 Å². The minimum Gasteiger partial charge on any atom is -0.271 e.